The second kappa shape index (κ2) is 9.37. The molecule has 0 spiro atoms. The number of nitriles is 1. The molecule has 0 aliphatic rings. The van der Waals surface area contributed by atoms with Crippen LogP contribution in [-0.2, 0) is 9.53 Å². The van der Waals surface area contributed by atoms with Crippen molar-refractivity contribution in [3.63, 3.8) is 0 Å². The number of rotatable bonds is 8. The summed E-state index contributed by atoms with van der Waals surface area (Å²) in [4.78, 5) is 11.2. The van der Waals surface area contributed by atoms with Crippen LogP contribution >= 0.6 is 11.8 Å². The van der Waals surface area contributed by atoms with Gasteiger partial charge in [-0.15, -0.1) is 11.8 Å². The van der Waals surface area contributed by atoms with Gasteiger partial charge >= 0.3 is 5.97 Å². The van der Waals surface area contributed by atoms with Crippen molar-refractivity contribution in [2.24, 2.45) is 0 Å². The van der Waals surface area contributed by atoms with E-state index < -0.39 is 0 Å². The van der Waals surface area contributed by atoms with E-state index in [0.717, 1.165) is 5.75 Å². The largest absolute Gasteiger partial charge is 0.490 e. The van der Waals surface area contributed by atoms with Crippen LogP contribution in [0.15, 0.2) is 30.3 Å². The molecule has 0 aliphatic heterocycles. The predicted molar refractivity (Wildman–Crippen MR) is 70.5 cm³/mol. The predicted octanol–water partition coefficient (Wildman–Crippen LogP) is 2.26. The maximum atomic E-state index is 11.2. The summed E-state index contributed by atoms with van der Waals surface area (Å²) in [6.45, 7) is 0.588. The molecule has 0 saturated carbocycles. The molecule has 0 fully saturated rings. The first-order valence-corrected chi connectivity index (χ1v) is 6.76. The summed E-state index contributed by atoms with van der Waals surface area (Å²) < 4.78 is 10.3. The molecular weight excluding hydrogens is 250 g/mol. The highest BCUT2D eigenvalue weighted by molar-refractivity contribution is 7.99. The van der Waals surface area contributed by atoms with Crippen LogP contribution in [0.3, 0.4) is 0 Å². The SMILES string of the molecule is N#CCCSCC(=O)OCCOc1ccccc1. The van der Waals surface area contributed by atoms with Gasteiger partial charge < -0.3 is 9.47 Å². The Morgan fingerprint density at radius 3 is 2.78 bits per heavy atom. The fourth-order valence-corrected chi connectivity index (χ4v) is 1.78. The molecule has 0 amide bonds. The molecule has 0 aliphatic carbocycles. The zero-order chi connectivity index (χ0) is 13.1. The Kier molecular flexibility index (Phi) is 7.49. The summed E-state index contributed by atoms with van der Waals surface area (Å²) in [5.74, 6) is 1.44. The Morgan fingerprint density at radius 1 is 1.28 bits per heavy atom. The molecule has 96 valence electrons. The fourth-order valence-electron chi connectivity index (χ4n) is 1.15. The number of ether oxygens (including phenoxy) is 2. The number of nitrogens with zero attached hydrogens (tertiary/aromatic N) is 1. The van der Waals surface area contributed by atoms with Crippen molar-refractivity contribution in [1.82, 2.24) is 0 Å². The molecule has 18 heavy (non-hydrogen) atoms. The molecule has 1 aromatic carbocycles. The Balaban J connectivity index is 2.01. The van der Waals surface area contributed by atoms with E-state index in [2.05, 4.69) is 0 Å². The molecule has 0 N–H and O–H groups in total. The number of carbonyl (C=O) groups is 1. The van der Waals surface area contributed by atoms with Crippen molar-refractivity contribution in [2.75, 3.05) is 24.7 Å². The summed E-state index contributed by atoms with van der Waals surface area (Å²) in [6, 6.07) is 11.4. The maximum Gasteiger partial charge on any atom is 0.316 e. The minimum absolute atomic E-state index is 0.243. The molecule has 0 aromatic heterocycles. The van der Waals surface area contributed by atoms with Crippen LogP contribution in [0, 0.1) is 11.3 Å². The number of esters is 1. The highest BCUT2D eigenvalue weighted by Gasteiger charge is 2.02. The van der Waals surface area contributed by atoms with Gasteiger partial charge in [-0.1, -0.05) is 18.2 Å². The van der Waals surface area contributed by atoms with E-state index in [4.69, 9.17) is 14.7 Å². The van der Waals surface area contributed by atoms with E-state index in [-0.39, 0.29) is 18.3 Å². The highest BCUT2D eigenvalue weighted by Crippen LogP contribution is 2.07. The number of para-hydroxylation sites is 1. The summed E-state index contributed by atoms with van der Waals surface area (Å²) in [5, 5.41) is 8.32. The fraction of sp³-hybridized carbons (Fsp3) is 0.385. The van der Waals surface area contributed by atoms with Crippen molar-refractivity contribution in [2.45, 2.75) is 6.42 Å². The summed E-state index contributed by atoms with van der Waals surface area (Å²) in [7, 11) is 0. The standard InChI is InChI=1S/C13H15NO3S/c14-7-4-10-18-11-13(15)17-9-8-16-12-5-2-1-3-6-12/h1-3,5-6H,4,8-11H2. The highest BCUT2D eigenvalue weighted by atomic mass is 32.2. The van der Waals surface area contributed by atoms with E-state index >= 15 is 0 Å². The Bertz CT molecular complexity index is 389. The van der Waals surface area contributed by atoms with Crippen molar-refractivity contribution >= 4 is 17.7 Å². The topological polar surface area (TPSA) is 59.3 Å². The molecule has 0 bridgehead atoms. The third-order valence-corrected chi connectivity index (χ3v) is 2.87. The molecule has 1 rings (SSSR count). The smallest absolute Gasteiger partial charge is 0.316 e. The van der Waals surface area contributed by atoms with Gasteiger partial charge in [0.05, 0.1) is 11.8 Å². The zero-order valence-electron chi connectivity index (χ0n) is 10.0. The van der Waals surface area contributed by atoms with Gasteiger partial charge in [-0.2, -0.15) is 5.26 Å². The van der Waals surface area contributed by atoms with E-state index in [1.807, 2.05) is 36.4 Å². The van der Waals surface area contributed by atoms with Gasteiger partial charge in [0.1, 0.15) is 19.0 Å². The molecule has 5 heteroatoms. The summed E-state index contributed by atoms with van der Waals surface area (Å²) >= 11 is 1.40. The average molecular weight is 265 g/mol. The van der Waals surface area contributed by atoms with Crippen LogP contribution in [0.25, 0.3) is 0 Å². The van der Waals surface area contributed by atoms with Crippen molar-refractivity contribution in [1.29, 1.82) is 5.26 Å². The Hall–Kier alpha value is -1.67. The number of carbonyl (C=O) groups excluding carboxylic acids is 1. The first-order valence-electron chi connectivity index (χ1n) is 5.61. The number of hydrogen-bond donors (Lipinski definition) is 0. The van der Waals surface area contributed by atoms with Crippen LogP contribution < -0.4 is 4.74 Å². The van der Waals surface area contributed by atoms with Crippen molar-refractivity contribution in [3.05, 3.63) is 30.3 Å². The molecule has 1 aromatic rings. The second-order valence-electron chi connectivity index (χ2n) is 3.34. The molecule has 0 unspecified atom stereocenters. The lowest BCUT2D eigenvalue weighted by molar-refractivity contribution is -0.141. The van der Waals surface area contributed by atoms with Gasteiger partial charge in [-0.3, -0.25) is 4.79 Å². The van der Waals surface area contributed by atoms with Gasteiger partial charge in [0.25, 0.3) is 0 Å². The number of hydrogen-bond acceptors (Lipinski definition) is 5. The minimum atomic E-state index is -0.269. The third kappa shape index (κ3) is 6.81. The van der Waals surface area contributed by atoms with Crippen molar-refractivity contribution < 1.29 is 14.3 Å². The van der Waals surface area contributed by atoms with E-state index in [0.29, 0.717) is 18.8 Å². The van der Waals surface area contributed by atoms with Gasteiger partial charge in [0.2, 0.25) is 0 Å². The molecule has 0 heterocycles. The van der Waals surface area contributed by atoms with Gasteiger partial charge in [-0.25, -0.2) is 0 Å². The van der Waals surface area contributed by atoms with Gasteiger partial charge in [0.15, 0.2) is 0 Å². The van der Waals surface area contributed by atoms with E-state index in [9.17, 15) is 4.79 Å². The van der Waals surface area contributed by atoms with Crippen LogP contribution in [0.5, 0.6) is 5.75 Å². The van der Waals surface area contributed by atoms with Crippen LogP contribution in [0.1, 0.15) is 6.42 Å². The van der Waals surface area contributed by atoms with Crippen LogP contribution in [-0.4, -0.2) is 30.7 Å². The number of benzene rings is 1. The first kappa shape index (κ1) is 14.4. The summed E-state index contributed by atoms with van der Waals surface area (Å²) in [6.07, 6.45) is 0.453. The lowest BCUT2D eigenvalue weighted by Crippen LogP contribution is -2.13. The molecule has 0 atom stereocenters. The summed E-state index contributed by atoms with van der Waals surface area (Å²) in [5.41, 5.74) is 0. The average Bonchev–Trinajstić information content (AvgIpc) is 2.41. The Morgan fingerprint density at radius 2 is 2.06 bits per heavy atom. The lowest BCUT2D eigenvalue weighted by Gasteiger charge is -2.06. The molecule has 0 radical (unpaired) electrons. The Labute approximate surface area is 111 Å². The molecule has 4 nitrogen and oxygen atoms in total. The minimum Gasteiger partial charge on any atom is -0.490 e. The quantitative estimate of drug-likeness (QED) is 0.533. The van der Waals surface area contributed by atoms with E-state index in [1.54, 1.807) is 0 Å². The molecular formula is C13H15NO3S. The maximum absolute atomic E-state index is 11.2. The van der Waals surface area contributed by atoms with Crippen LogP contribution in [0.2, 0.25) is 0 Å². The van der Waals surface area contributed by atoms with Crippen LogP contribution in [0.4, 0.5) is 0 Å². The van der Waals surface area contributed by atoms with Crippen molar-refractivity contribution in [3.8, 4) is 11.8 Å². The first-order chi connectivity index (χ1) is 8.83. The lowest BCUT2D eigenvalue weighted by atomic mass is 10.3. The van der Waals surface area contributed by atoms with Gasteiger partial charge in [0, 0.05) is 12.2 Å². The third-order valence-electron chi connectivity index (χ3n) is 1.94. The zero-order valence-corrected chi connectivity index (χ0v) is 10.8. The van der Waals surface area contributed by atoms with E-state index in [1.165, 1.54) is 11.8 Å². The second-order valence-corrected chi connectivity index (χ2v) is 4.45. The monoisotopic (exact) mass is 265 g/mol. The van der Waals surface area contributed by atoms with Gasteiger partial charge in [-0.05, 0) is 12.1 Å². The normalized spacial score (nSPS) is 9.50. The number of thioether (sulfide) groups is 1. The molecule has 0 saturated heterocycles.